The number of hydrogen-bond donors (Lipinski definition) is 0. The average molecular weight is 297 g/mol. The van der Waals surface area contributed by atoms with Gasteiger partial charge in [0.1, 0.15) is 5.69 Å². The van der Waals surface area contributed by atoms with Gasteiger partial charge in [-0.1, -0.05) is 0 Å². The van der Waals surface area contributed by atoms with Gasteiger partial charge >= 0.3 is 0 Å². The zero-order valence-corrected chi connectivity index (χ0v) is 8.62. The van der Waals surface area contributed by atoms with Gasteiger partial charge in [-0.25, -0.2) is 8.78 Å². The first kappa shape index (κ1) is 9.70. The van der Waals surface area contributed by atoms with Gasteiger partial charge in [0.25, 0.3) is 0 Å². The van der Waals surface area contributed by atoms with Crippen molar-refractivity contribution in [1.29, 1.82) is 0 Å². The van der Waals surface area contributed by atoms with Crippen molar-refractivity contribution in [2.75, 3.05) is 0 Å². The largest absolute Gasteiger partial charge is 0.204 e. The summed E-state index contributed by atoms with van der Waals surface area (Å²) in [7, 11) is 0. The zero-order valence-electron chi connectivity index (χ0n) is 5.64. The molecule has 1 rings (SSSR count). The highest BCUT2D eigenvalue weighted by Crippen LogP contribution is 2.23. The number of rotatable bonds is 1. The van der Waals surface area contributed by atoms with E-state index in [0.717, 1.165) is 0 Å². The van der Waals surface area contributed by atoms with Crippen LogP contribution in [-0.4, -0.2) is 5.16 Å². The Hall–Kier alpha value is -0.390. The van der Waals surface area contributed by atoms with E-state index < -0.39 is 11.6 Å². The maximum absolute atomic E-state index is 12.9. The molecule has 0 N–H and O–H groups in total. The van der Waals surface area contributed by atoms with Crippen molar-refractivity contribution in [2.24, 2.45) is 4.99 Å². The van der Waals surface area contributed by atoms with Crippen LogP contribution in [0.25, 0.3) is 0 Å². The summed E-state index contributed by atoms with van der Waals surface area (Å²) in [6.07, 6.45) is 0. The summed E-state index contributed by atoms with van der Waals surface area (Å²) < 4.78 is 26.2. The summed E-state index contributed by atoms with van der Waals surface area (Å²) in [6, 6.07) is 2.35. The molecule has 0 spiro atoms. The number of aliphatic imine (C=N–C) groups is 1. The molecule has 0 aromatic heterocycles. The Morgan fingerprint density at radius 3 is 2.25 bits per heavy atom. The van der Waals surface area contributed by atoms with Crippen molar-refractivity contribution < 1.29 is 8.78 Å². The van der Waals surface area contributed by atoms with Crippen LogP contribution in [0.2, 0.25) is 0 Å². The molecule has 1 aromatic rings. The van der Waals surface area contributed by atoms with Crippen LogP contribution in [0, 0.1) is 15.2 Å². The SMILES string of the molecule is Fc1cc(I)cc(F)c1N=C=S. The Kier molecular flexibility index (Phi) is 3.25. The van der Waals surface area contributed by atoms with E-state index in [1.807, 2.05) is 27.8 Å². The molecule has 0 unspecified atom stereocenters. The van der Waals surface area contributed by atoms with Gasteiger partial charge in [-0.3, -0.25) is 0 Å². The van der Waals surface area contributed by atoms with Crippen molar-refractivity contribution in [3.8, 4) is 0 Å². The number of hydrogen-bond acceptors (Lipinski definition) is 2. The average Bonchev–Trinajstić information content (AvgIpc) is 1.96. The van der Waals surface area contributed by atoms with E-state index in [1.54, 1.807) is 0 Å². The fourth-order valence-corrected chi connectivity index (χ4v) is 1.33. The molecule has 0 aliphatic carbocycles. The van der Waals surface area contributed by atoms with Crippen molar-refractivity contribution in [2.45, 2.75) is 0 Å². The van der Waals surface area contributed by atoms with Gasteiger partial charge in [-0.2, -0.15) is 4.99 Å². The fourth-order valence-electron chi connectivity index (χ4n) is 0.687. The first-order valence-corrected chi connectivity index (χ1v) is 4.36. The summed E-state index contributed by atoms with van der Waals surface area (Å²) in [4.78, 5) is 3.26. The highest BCUT2D eigenvalue weighted by Gasteiger charge is 2.08. The van der Waals surface area contributed by atoms with E-state index in [9.17, 15) is 8.78 Å². The van der Waals surface area contributed by atoms with Crippen LogP contribution in [0.4, 0.5) is 14.5 Å². The lowest BCUT2D eigenvalue weighted by Gasteiger charge is -1.97. The van der Waals surface area contributed by atoms with Crippen molar-refractivity contribution >= 4 is 45.7 Å². The standard InChI is InChI=1S/C7H2F2INS/c8-5-1-4(10)2-6(9)7(5)11-3-12/h1-2H. The highest BCUT2D eigenvalue weighted by molar-refractivity contribution is 14.1. The van der Waals surface area contributed by atoms with Crippen LogP contribution in [0.15, 0.2) is 17.1 Å². The maximum Gasteiger partial charge on any atom is 0.153 e. The van der Waals surface area contributed by atoms with Gasteiger partial charge in [0, 0.05) is 3.57 Å². The molecule has 0 saturated heterocycles. The number of nitrogens with zero attached hydrogens (tertiary/aromatic N) is 1. The van der Waals surface area contributed by atoms with Crippen LogP contribution in [0.3, 0.4) is 0 Å². The van der Waals surface area contributed by atoms with E-state index in [1.165, 1.54) is 12.1 Å². The molecule has 0 aliphatic rings. The molecule has 0 heterocycles. The molecular weight excluding hydrogens is 295 g/mol. The summed E-state index contributed by atoms with van der Waals surface area (Å²) >= 11 is 6.04. The zero-order chi connectivity index (χ0) is 9.14. The third-order valence-electron chi connectivity index (χ3n) is 1.14. The van der Waals surface area contributed by atoms with E-state index >= 15 is 0 Å². The van der Waals surface area contributed by atoms with Crippen LogP contribution >= 0.6 is 34.8 Å². The Bertz CT molecular complexity index is 337. The Balaban J connectivity index is 3.37. The summed E-state index contributed by atoms with van der Waals surface area (Å²) in [5.74, 6) is -1.45. The van der Waals surface area contributed by atoms with Crippen molar-refractivity contribution in [3.05, 3.63) is 27.3 Å². The van der Waals surface area contributed by atoms with Gasteiger partial charge in [0.15, 0.2) is 11.6 Å². The normalized spacial score (nSPS) is 9.25. The monoisotopic (exact) mass is 297 g/mol. The van der Waals surface area contributed by atoms with Crippen LogP contribution < -0.4 is 0 Å². The molecule has 62 valence electrons. The van der Waals surface area contributed by atoms with E-state index in [0.29, 0.717) is 3.57 Å². The number of benzene rings is 1. The summed E-state index contributed by atoms with van der Waals surface area (Å²) in [6.45, 7) is 0. The highest BCUT2D eigenvalue weighted by atomic mass is 127. The molecule has 0 saturated carbocycles. The molecule has 0 atom stereocenters. The third kappa shape index (κ3) is 2.06. The van der Waals surface area contributed by atoms with E-state index in [2.05, 4.69) is 17.2 Å². The van der Waals surface area contributed by atoms with Crippen LogP contribution in [0.5, 0.6) is 0 Å². The number of thiocarbonyl (C=S) groups is 1. The first-order valence-electron chi connectivity index (χ1n) is 2.87. The molecule has 0 aliphatic heterocycles. The van der Waals surface area contributed by atoms with Crippen LogP contribution in [-0.2, 0) is 0 Å². The van der Waals surface area contributed by atoms with Crippen molar-refractivity contribution in [3.63, 3.8) is 0 Å². The van der Waals surface area contributed by atoms with Crippen LogP contribution in [0.1, 0.15) is 0 Å². The molecule has 1 nitrogen and oxygen atoms in total. The minimum Gasteiger partial charge on any atom is -0.204 e. The second-order valence-electron chi connectivity index (χ2n) is 1.92. The quantitative estimate of drug-likeness (QED) is 0.440. The molecule has 0 radical (unpaired) electrons. The summed E-state index contributed by atoms with van der Waals surface area (Å²) in [5.41, 5.74) is -0.384. The van der Waals surface area contributed by atoms with Gasteiger partial charge in [0.05, 0.1) is 5.16 Å². The molecule has 1 aromatic carbocycles. The molecule has 5 heteroatoms. The van der Waals surface area contributed by atoms with Crippen molar-refractivity contribution in [1.82, 2.24) is 0 Å². The van der Waals surface area contributed by atoms with Gasteiger partial charge < -0.3 is 0 Å². The predicted octanol–water partition coefficient (Wildman–Crippen LogP) is 3.30. The lowest BCUT2D eigenvalue weighted by atomic mass is 10.3. The number of isothiocyanates is 1. The topological polar surface area (TPSA) is 12.4 Å². The molecular formula is C7H2F2INS. The smallest absolute Gasteiger partial charge is 0.153 e. The van der Waals surface area contributed by atoms with E-state index in [4.69, 9.17) is 0 Å². The molecule has 0 fully saturated rings. The van der Waals surface area contributed by atoms with Gasteiger partial charge in [-0.05, 0) is 46.9 Å². The Morgan fingerprint density at radius 1 is 1.33 bits per heavy atom. The predicted molar refractivity (Wildman–Crippen MR) is 53.8 cm³/mol. The lowest BCUT2D eigenvalue weighted by molar-refractivity contribution is 0.586. The van der Waals surface area contributed by atoms with Gasteiger partial charge in [-0.15, -0.1) is 0 Å². The summed E-state index contributed by atoms with van der Waals surface area (Å²) in [5, 5.41) is 1.91. The minimum atomic E-state index is -0.725. The third-order valence-corrected chi connectivity index (χ3v) is 1.85. The molecule has 0 amide bonds. The maximum atomic E-state index is 12.9. The fraction of sp³-hybridized carbons (Fsp3) is 0. The first-order chi connectivity index (χ1) is 5.65. The second-order valence-corrected chi connectivity index (χ2v) is 3.35. The van der Waals surface area contributed by atoms with Gasteiger partial charge in [0.2, 0.25) is 0 Å². The minimum absolute atomic E-state index is 0.384. The molecule has 12 heavy (non-hydrogen) atoms. The second kappa shape index (κ2) is 4.02. The Labute approximate surface area is 86.6 Å². The lowest BCUT2D eigenvalue weighted by Crippen LogP contribution is -1.84. The Morgan fingerprint density at radius 2 is 1.83 bits per heavy atom. The number of halogens is 3. The van der Waals surface area contributed by atoms with E-state index in [-0.39, 0.29) is 5.69 Å². The molecule has 0 bridgehead atoms.